The van der Waals surface area contributed by atoms with Crippen molar-refractivity contribution in [3.63, 3.8) is 0 Å². The van der Waals surface area contributed by atoms with Crippen molar-refractivity contribution in [3.05, 3.63) is 24.0 Å². The standard InChI is InChI=1S/C10H16N2O/c1-4-13-9-5-6-10(12-7-9)8(2)11-3/h5-8,11H,4H2,1-3H3. The van der Waals surface area contributed by atoms with Gasteiger partial charge in [-0.3, -0.25) is 4.98 Å². The van der Waals surface area contributed by atoms with Crippen LogP contribution < -0.4 is 10.1 Å². The minimum absolute atomic E-state index is 0.288. The molecule has 0 spiro atoms. The zero-order valence-corrected chi connectivity index (χ0v) is 8.37. The van der Waals surface area contributed by atoms with Crippen LogP contribution in [0.2, 0.25) is 0 Å². The molecule has 0 saturated heterocycles. The molecule has 1 aromatic rings. The zero-order valence-electron chi connectivity index (χ0n) is 8.37. The van der Waals surface area contributed by atoms with Crippen molar-refractivity contribution >= 4 is 0 Å². The van der Waals surface area contributed by atoms with E-state index < -0.39 is 0 Å². The summed E-state index contributed by atoms with van der Waals surface area (Å²) >= 11 is 0. The summed E-state index contributed by atoms with van der Waals surface area (Å²) in [6, 6.07) is 4.21. The smallest absolute Gasteiger partial charge is 0.137 e. The molecule has 1 heterocycles. The van der Waals surface area contributed by atoms with Gasteiger partial charge in [-0.1, -0.05) is 0 Å². The molecule has 13 heavy (non-hydrogen) atoms. The Bertz CT molecular complexity index is 246. The maximum Gasteiger partial charge on any atom is 0.137 e. The Morgan fingerprint density at radius 2 is 2.31 bits per heavy atom. The van der Waals surface area contributed by atoms with E-state index in [1.54, 1.807) is 6.20 Å². The first-order valence-corrected chi connectivity index (χ1v) is 4.54. The molecular weight excluding hydrogens is 164 g/mol. The summed E-state index contributed by atoms with van der Waals surface area (Å²) in [5, 5.41) is 3.13. The van der Waals surface area contributed by atoms with Gasteiger partial charge < -0.3 is 10.1 Å². The van der Waals surface area contributed by atoms with E-state index in [2.05, 4.69) is 17.2 Å². The van der Waals surface area contributed by atoms with E-state index in [0.717, 1.165) is 11.4 Å². The number of hydrogen-bond donors (Lipinski definition) is 1. The van der Waals surface area contributed by atoms with Gasteiger partial charge in [-0.05, 0) is 33.0 Å². The summed E-state index contributed by atoms with van der Waals surface area (Å²) in [5.74, 6) is 0.828. The molecule has 72 valence electrons. The van der Waals surface area contributed by atoms with Gasteiger partial charge in [0.25, 0.3) is 0 Å². The van der Waals surface area contributed by atoms with Crippen LogP contribution in [0.1, 0.15) is 25.6 Å². The van der Waals surface area contributed by atoms with Crippen LogP contribution in [0.4, 0.5) is 0 Å². The van der Waals surface area contributed by atoms with Crippen molar-refractivity contribution in [2.45, 2.75) is 19.9 Å². The van der Waals surface area contributed by atoms with E-state index in [-0.39, 0.29) is 6.04 Å². The molecule has 0 fully saturated rings. The second-order valence-electron chi connectivity index (χ2n) is 2.86. The fraction of sp³-hybridized carbons (Fsp3) is 0.500. The molecule has 0 aliphatic rings. The predicted octanol–water partition coefficient (Wildman–Crippen LogP) is 1.76. The Hall–Kier alpha value is -1.09. The van der Waals surface area contributed by atoms with Crippen molar-refractivity contribution in [2.75, 3.05) is 13.7 Å². The molecular formula is C10H16N2O. The van der Waals surface area contributed by atoms with E-state index in [1.165, 1.54) is 0 Å². The first-order chi connectivity index (χ1) is 6.27. The van der Waals surface area contributed by atoms with Crippen LogP contribution in [0, 0.1) is 0 Å². The summed E-state index contributed by atoms with van der Waals surface area (Å²) in [4.78, 5) is 4.28. The van der Waals surface area contributed by atoms with Crippen molar-refractivity contribution in [2.24, 2.45) is 0 Å². The number of rotatable bonds is 4. The Morgan fingerprint density at radius 3 is 2.77 bits per heavy atom. The summed E-state index contributed by atoms with van der Waals surface area (Å²) < 4.78 is 5.29. The minimum Gasteiger partial charge on any atom is -0.492 e. The molecule has 3 heteroatoms. The molecule has 0 aliphatic heterocycles. The number of nitrogens with zero attached hydrogens (tertiary/aromatic N) is 1. The molecule has 1 atom stereocenters. The van der Waals surface area contributed by atoms with Gasteiger partial charge in [-0.2, -0.15) is 0 Å². The topological polar surface area (TPSA) is 34.1 Å². The Kier molecular flexibility index (Phi) is 3.71. The molecule has 1 rings (SSSR count). The Balaban J connectivity index is 2.69. The fourth-order valence-electron chi connectivity index (χ4n) is 1.05. The number of ether oxygens (including phenoxy) is 1. The SMILES string of the molecule is CCOc1ccc(C(C)NC)nc1. The van der Waals surface area contributed by atoms with Gasteiger partial charge in [0.05, 0.1) is 18.5 Å². The molecule has 0 saturated carbocycles. The van der Waals surface area contributed by atoms with Crippen LogP contribution in [0.15, 0.2) is 18.3 Å². The molecule has 0 amide bonds. The zero-order chi connectivity index (χ0) is 9.68. The van der Waals surface area contributed by atoms with Crippen LogP contribution in [0.25, 0.3) is 0 Å². The quantitative estimate of drug-likeness (QED) is 0.766. The molecule has 0 radical (unpaired) electrons. The average Bonchev–Trinajstić information content (AvgIpc) is 2.18. The van der Waals surface area contributed by atoms with E-state index in [0.29, 0.717) is 6.61 Å². The lowest BCUT2D eigenvalue weighted by molar-refractivity contribution is 0.338. The molecule has 3 nitrogen and oxygen atoms in total. The van der Waals surface area contributed by atoms with Gasteiger partial charge in [-0.25, -0.2) is 0 Å². The number of nitrogens with one attached hydrogen (secondary N) is 1. The predicted molar refractivity (Wildman–Crippen MR) is 52.9 cm³/mol. The molecule has 1 N–H and O–H groups in total. The Morgan fingerprint density at radius 1 is 1.54 bits per heavy atom. The van der Waals surface area contributed by atoms with Gasteiger partial charge >= 0.3 is 0 Å². The minimum atomic E-state index is 0.288. The molecule has 1 aromatic heterocycles. The van der Waals surface area contributed by atoms with Gasteiger partial charge in [0.1, 0.15) is 5.75 Å². The summed E-state index contributed by atoms with van der Waals surface area (Å²) in [7, 11) is 1.92. The lowest BCUT2D eigenvalue weighted by Crippen LogP contribution is -2.13. The lowest BCUT2D eigenvalue weighted by atomic mass is 10.2. The van der Waals surface area contributed by atoms with Crippen LogP contribution in [0.5, 0.6) is 5.75 Å². The first kappa shape index (κ1) is 9.99. The summed E-state index contributed by atoms with van der Waals surface area (Å²) in [6.07, 6.45) is 1.76. The van der Waals surface area contributed by atoms with Gasteiger partial charge in [-0.15, -0.1) is 0 Å². The molecule has 0 bridgehead atoms. The highest BCUT2D eigenvalue weighted by Crippen LogP contribution is 2.13. The highest BCUT2D eigenvalue weighted by Gasteiger charge is 2.02. The second kappa shape index (κ2) is 4.82. The van der Waals surface area contributed by atoms with Gasteiger partial charge in [0.2, 0.25) is 0 Å². The third kappa shape index (κ3) is 2.70. The maximum absolute atomic E-state index is 5.29. The highest BCUT2D eigenvalue weighted by molar-refractivity contribution is 5.21. The van der Waals surface area contributed by atoms with Crippen LogP contribution in [0.3, 0.4) is 0 Å². The lowest BCUT2D eigenvalue weighted by Gasteiger charge is -2.09. The largest absolute Gasteiger partial charge is 0.492 e. The number of pyridine rings is 1. The summed E-state index contributed by atoms with van der Waals surface area (Å²) in [6.45, 7) is 4.72. The average molecular weight is 180 g/mol. The van der Waals surface area contributed by atoms with E-state index >= 15 is 0 Å². The van der Waals surface area contributed by atoms with Crippen LogP contribution in [-0.2, 0) is 0 Å². The van der Waals surface area contributed by atoms with Gasteiger partial charge in [0.15, 0.2) is 0 Å². The fourth-order valence-corrected chi connectivity index (χ4v) is 1.05. The monoisotopic (exact) mass is 180 g/mol. The summed E-state index contributed by atoms with van der Waals surface area (Å²) in [5.41, 5.74) is 1.03. The Labute approximate surface area is 79.1 Å². The number of hydrogen-bond acceptors (Lipinski definition) is 3. The first-order valence-electron chi connectivity index (χ1n) is 4.54. The van der Waals surface area contributed by atoms with Crippen LogP contribution in [-0.4, -0.2) is 18.6 Å². The normalized spacial score (nSPS) is 12.5. The third-order valence-corrected chi connectivity index (χ3v) is 1.95. The molecule has 1 unspecified atom stereocenters. The van der Waals surface area contributed by atoms with Crippen molar-refractivity contribution < 1.29 is 4.74 Å². The highest BCUT2D eigenvalue weighted by atomic mass is 16.5. The van der Waals surface area contributed by atoms with Gasteiger partial charge in [0, 0.05) is 6.04 Å². The van der Waals surface area contributed by atoms with Crippen molar-refractivity contribution in [3.8, 4) is 5.75 Å². The van der Waals surface area contributed by atoms with E-state index in [9.17, 15) is 0 Å². The molecule has 0 aliphatic carbocycles. The van der Waals surface area contributed by atoms with E-state index in [4.69, 9.17) is 4.74 Å². The van der Waals surface area contributed by atoms with E-state index in [1.807, 2.05) is 26.1 Å². The number of aromatic nitrogens is 1. The third-order valence-electron chi connectivity index (χ3n) is 1.95. The maximum atomic E-state index is 5.29. The second-order valence-corrected chi connectivity index (χ2v) is 2.86. The van der Waals surface area contributed by atoms with Crippen LogP contribution >= 0.6 is 0 Å². The van der Waals surface area contributed by atoms with Crippen molar-refractivity contribution in [1.29, 1.82) is 0 Å². The molecule has 0 aromatic carbocycles. The van der Waals surface area contributed by atoms with Crippen molar-refractivity contribution in [1.82, 2.24) is 10.3 Å².